The number of carbonyl (C=O) groups is 1. The minimum Gasteiger partial charge on any atom is -0.486 e. The molecular formula is C17H23N5O2. The Kier molecular flexibility index (Phi) is 5.40. The molecule has 0 unspecified atom stereocenters. The SMILES string of the molecule is CCn1nnnc1COc1cccc(C(=O)NC2CCCCC2)c1. The molecule has 128 valence electrons. The highest BCUT2D eigenvalue weighted by atomic mass is 16.5. The fourth-order valence-electron chi connectivity index (χ4n) is 2.96. The van der Waals surface area contributed by atoms with E-state index in [9.17, 15) is 4.79 Å². The maximum absolute atomic E-state index is 12.4. The fourth-order valence-corrected chi connectivity index (χ4v) is 2.96. The van der Waals surface area contributed by atoms with E-state index in [-0.39, 0.29) is 12.5 Å². The molecule has 0 atom stereocenters. The zero-order valence-corrected chi connectivity index (χ0v) is 13.9. The molecule has 1 amide bonds. The van der Waals surface area contributed by atoms with E-state index in [2.05, 4.69) is 20.8 Å². The Balaban J connectivity index is 1.60. The Morgan fingerprint density at radius 3 is 2.96 bits per heavy atom. The monoisotopic (exact) mass is 329 g/mol. The molecule has 1 fully saturated rings. The van der Waals surface area contributed by atoms with Crippen molar-refractivity contribution in [1.29, 1.82) is 0 Å². The summed E-state index contributed by atoms with van der Waals surface area (Å²) in [5, 5.41) is 14.6. The molecule has 0 spiro atoms. The molecule has 1 aliphatic rings. The minimum absolute atomic E-state index is 0.0364. The number of amides is 1. The number of hydrogen-bond acceptors (Lipinski definition) is 5. The molecule has 1 saturated carbocycles. The van der Waals surface area contributed by atoms with Gasteiger partial charge in [0.15, 0.2) is 5.82 Å². The highest BCUT2D eigenvalue weighted by Crippen LogP contribution is 2.19. The number of hydrogen-bond donors (Lipinski definition) is 1. The number of aromatic nitrogens is 4. The molecule has 0 bridgehead atoms. The van der Waals surface area contributed by atoms with Gasteiger partial charge < -0.3 is 10.1 Å². The van der Waals surface area contributed by atoms with Crippen molar-refractivity contribution in [2.75, 3.05) is 0 Å². The zero-order valence-electron chi connectivity index (χ0n) is 13.9. The van der Waals surface area contributed by atoms with E-state index in [1.165, 1.54) is 19.3 Å². The van der Waals surface area contributed by atoms with Crippen LogP contribution in [-0.4, -0.2) is 32.2 Å². The van der Waals surface area contributed by atoms with Crippen molar-refractivity contribution >= 4 is 5.91 Å². The third kappa shape index (κ3) is 4.10. The molecular weight excluding hydrogens is 306 g/mol. The van der Waals surface area contributed by atoms with Gasteiger partial charge in [0.05, 0.1) is 0 Å². The number of carbonyl (C=O) groups excluding carboxylic acids is 1. The first kappa shape index (κ1) is 16.4. The lowest BCUT2D eigenvalue weighted by molar-refractivity contribution is 0.0927. The molecule has 1 heterocycles. The average molecular weight is 329 g/mol. The predicted octanol–water partition coefficient (Wildman–Crippen LogP) is 2.33. The first-order chi connectivity index (χ1) is 11.8. The highest BCUT2D eigenvalue weighted by molar-refractivity contribution is 5.94. The maximum atomic E-state index is 12.4. The van der Waals surface area contributed by atoms with Crippen molar-refractivity contribution in [2.24, 2.45) is 0 Å². The van der Waals surface area contributed by atoms with Crippen molar-refractivity contribution < 1.29 is 9.53 Å². The Hall–Kier alpha value is -2.44. The van der Waals surface area contributed by atoms with Crippen LogP contribution in [0.2, 0.25) is 0 Å². The first-order valence-corrected chi connectivity index (χ1v) is 8.55. The van der Waals surface area contributed by atoms with Crippen molar-refractivity contribution in [3.8, 4) is 5.75 Å². The summed E-state index contributed by atoms with van der Waals surface area (Å²) in [5.41, 5.74) is 0.619. The molecule has 1 aromatic carbocycles. The van der Waals surface area contributed by atoms with E-state index in [4.69, 9.17) is 4.74 Å². The molecule has 1 aliphatic carbocycles. The van der Waals surface area contributed by atoms with Crippen LogP contribution in [0.5, 0.6) is 5.75 Å². The van der Waals surface area contributed by atoms with Gasteiger partial charge in [0.2, 0.25) is 0 Å². The summed E-state index contributed by atoms with van der Waals surface area (Å²) in [7, 11) is 0. The van der Waals surface area contributed by atoms with Crippen LogP contribution in [0.15, 0.2) is 24.3 Å². The first-order valence-electron chi connectivity index (χ1n) is 8.55. The van der Waals surface area contributed by atoms with Crippen LogP contribution in [0.3, 0.4) is 0 Å². The molecule has 7 nitrogen and oxygen atoms in total. The number of ether oxygens (including phenoxy) is 1. The van der Waals surface area contributed by atoms with E-state index < -0.39 is 0 Å². The van der Waals surface area contributed by atoms with Gasteiger partial charge in [-0.05, 0) is 48.4 Å². The van der Waals surface area contributed by atoms with Crippen LogP contribution in [0.4, 0.5) is 0 Å². The third-order valence-electron chi connectivity index (χ3n) is 4.31. The number of aryl methyl sites for hydroxylation is 1. The number of nitrogens with one attached hydrogen (secondary N) is 1. The lowest BCUT2D eigenvalue weighted by atomic mass is 9.95. The topological polar surface area (TPSA) is 81.9 Å². The fraction of sp³-hybridized carbons (Fsp3) is 0.529. The van der Waals surface area contributed by atoms with E-state index in [0.717, 1.165) is 12.8 Å². The van der Waals surface area contributed by atoms with Crippen molar-refractivity contribution in [2.45, 2.75) is 58.2 Å². The zero-order chi connectivity index (χ0) is 16.8. The Morgan fingerprint density at radius 2 is 2.17 bits per heavy atom. The molecule has 0 aliphatic heterocycles. The van der Waals surface area contributed by atoms with Crippen LogP contribution in [-0.2, 0) is 13.2 Å². The van der Waals surface area contributed by atoms with Gasteiger partial charge in [0.1, 0.15) is 12.4 Å². The number of rotatable bonds is 6. The summed E-state index contributed by atoms with van der Waals surface area (Å²) < 4.78 is 7.41. The second-order valence-corrected chi connectivity index (χ2v) is 6.04. The van der Waals surface area contributed by atoms with Gasteiger partial charge in [0.25, 0.3) is 5.91 Å². The van der Waals surface area contributed by atoms with Gasteiger partial charge in [-0.2, -0.15) is 0 Å². The van der Waals surface area contributed by atoms with Crippen LogP contribution in [0, 0.1) is 0 Å². The molecule has 0 radical (unpaired) electrons. The highest BCUT2D eigenvalue weighted by Gasteiger charge is 2.17. The number of tetrazole rings is 1. The Morgan fingerprint density at radius 1 is 1.33 bits per heavy atom. The number of benzene rings is 1. The predicted molar refractivity (Wildman–Crippen MR) is 88.6 cm³/mol. The molecule has 1 aromatic heterocycles. The van der Waals surface area contributed by atoms with E-state index >= 15 is 0 Å². The van der Waals surface area contributed by atoms with Crippen molar-refractivity contribution in [3.63, 3.8) is 0 Å². The van der Waals surface area contributed by atoms with Crippen molar-refractivity contribution in [1.82, 2.24) is 25.5 Å². The summed E-state index contributed by atoms with van der Waals surface area (Å²) in [5.74, 6) is 1.26. The molecule has 3 rings (SSSR count). The molecule has 1 N–H and O–H groups in total. The summed E-state index contributed by atoms with van der Waals surface area (Å²) in [6.07, 6.45) is 5.80. The normalized spacial score (nSPS) is 15.2. The molecule has 2 aromatic rings. The molecule has 0 saturated heterocycles. The maximum Gasteiger partial charge on any atom is 0.251 e. The number of nitrogens with zero attached hydrogens (tertiary/aromatic N) is 4. The molecule has 7 heteroatoms. The lowest BCUT2D eigenvalue weighted by Gasteiger charge is -2.22. The van der Waals surface area contributed by atoms with Gasteiger partial charge in [-0.15, -0.1) is 5.10 Å². The van der Waals surface area contributed by atoms with E-state index in [0.29, 0.717) is 29.7 Å². The Bertz CT molecular complexity index is 679. The third-order valence-corrected chi connectivity index (χ3v) is 4.31. The minimum atomic E-state index is -0.0364. The summed E-state index contributed by atoms with van der Waals surface area (Å²) in [6.45, 7) is 2.93. The summed E-state index contributed by atoms with van der Waals surface area (Å²) in [6, 6.07) is 7.52. The van der Waals surface area contributed by atoms with Crippen LogP contribution < -0.4 is 10.1 Å². The van der Waals surface area contributed by atoms with Gasteiger partial charge in [-0.1, -0.05) is 25.3 Å². The summed E-state index contributed by atoms with van der Waals surface area (Å²) >= 11 is 0. The summed E-state index contributed by atoms with van der Waals surface area (Å²) in [4.78, 5) is 12.4. The van der Waals surface area contributed by atoms with Gasteiger partial charge >= 0.3 is 0 Å². The van der Waals surface area contributed by atoms with E-state index in [1.807, 2.05) is 19.1 Å². The van der Waals surface area contributed by atoms with Gasteiger partial charge in [-0.25, -0.2) is 4.68 Å². The van der Waals surface area contributed by atoms with E-state index in [1.54, 1.807) is 16.8 Å². The smallest absolute Gasteiger partial charge is 0.251 e. The largest absolute Gasteiger partial charge is 0.486 e. The quantitative estimate of drug-likeness (QED) is 0.879. The average Bonchev–Trinajstić information content (AvgIpc) is 3.08. The lowest BCUT2D eigenvalue weighted by Crippen LogP contribution is -2.36. The van der Waals surface area contributed by atoms with Crippen LogP contribution in [0.25, 0.3) is 0 Å². The Labute approximate surface area is 141 Å². The molecule has 24 heavy (non-hydrogen) atoms. The van der Waals surface area contributed by atoms with Crippen molar-refractivity contribution in [3.05, 3.63) is 35.7 Å². The second kappa shape index (κ2) is 7.90. The van der Waals surface area contributed by atoms with Crippen LogP contribution >= 0.6 is 0 Å². The second-order valence-electron chi connectivity index (χ2n) is 6.04. The van der Waals surface area contributed by atoms with Gasteiger partial charge in [-0.3, -0.25) is 4.79 Å². The standard InChI is InChI=1S/C17H23N5O2/c1-2-22-16(19-20-21-22)12-24-15-10-6-7-13(11-15)17(23)18-14-8-4-3-5-9-14/h6-7,10-11,14H,2-5,8-9,12H2,1H3,(H,18,23). The van der Waals surface area contributed by atoms with Crippen LogP contribution in [0.1, 0.15) is 55.2 Å². The van der Waals surface area contributed by atoms with Gasteiger partial charge in [0, 0.05) is 18.2 Å².